The number of amides is 3. The van der Waals surface area contributed by atoms with Gasteiger partial charge >= 0.3 is 6.03 Å². The van der Waals surface area contributed by atoms with Gasteiger partial charge in [-0.25, -0.2) is 4.79 Å². The summed E-state index contributed by atoms with van der Waals surface area (Å²) in [6, 6.07) is 18.8. The molecule has 3 aromatic carbocycles. The van der Waals surface area contributed by atoms with Crippen molar-refractivity contribution in [3.05, 3.63) is 76.3 Å². The van der Waals surface area contributed by atoms with Gasteiger partial charge in [0.2, 0.25) is 0 Å². The van der Waals surface area contributed by atoms with Crippen LogP contribution in [0.25, 0.3) is 10.8 Å². The fourth-order valence-corrected chi connectivity index (χ4v) is 4.26. The predicted molar refractivity (Wildman–Crippen MR) is 111 cm³/mol. The molecule has 1 aliphatic heterocycles. The first-order valence-electron chi connectivity index (χ1n) is 8.89. The summed E-state index contributed by atoms with van der Waals surface area (Å²) in [5.41, 5.74) is 0.516. The topological polar surface area (TPSA) is 58.6 Å². The van der Waals surface area contributed by atoms with Crippen LogP contribution in [0.15, 0.2) is 65.1 Å². The van der Waals surface area contributed by atoms with Gasteiger partial charge in [-0.2, -0.15) is 0 Å². The van der Waals surface area contributed by atoms with Crippen molar-refractivity contribution in [3.8, 4) is 5.75 Å². The van der Waals surface area contributed by atoms with E-state index in [-0.39, 0.29) is 12.5 Å². The molecule has 1 fully saturated rings. The number of methoxy groups -OCH3 is 1. The molecule has 142 valence electrons. The predicted octanol–water partition coefficient (Wildman–Crippen LogP) is 4.58. The standard InChI is InChI=1S/C22H19BrN2O3/c1-22(17-9-5-7-15-6-3-4-8-16(15)17)20(26)25(21(27)24-22)13-14-10-11-19(28-2)18(23)12-14/h3-12H,13H2,1-2H3,(H,24,27). The van der Waals surface area contributed by atoms with Gasteiger partial charge in [0, 0.05) is 0 Å². The SMILES string of the molecule is COc1ccc(CN2C(=O)NC(C)(c3cccc4ccccc34)C2=O)cc1Br. The molecule has 1 atom stereocenters. The molecular weight excluding hydrogens is 420 g/mol. The molecule has 0 spiro atoms. The lowest BCUT2D eigenvalue weighted by molar-refractivity contribution is -0.131. The van der Waals surface area contributed by atoms with E-state index in [1.54, 1.807) is 14.0 Å². The largest absolute Gasteiger partial charge is 0.496 e. The molecule has 5 nitrogen and oxygen atoms in total. The minimum absolute atomic E-state index is 0.188. The van der Waals surface area contributed by atoms with E-state index in [2.05, 4.69) is 21.2 Å². The Hall–Kier alpha value is -2.86. The lowest BCUT2D eigenvalue weighted by Crippen LogP contribution is -2.41. The van der Waals surface area contributed by atoms with E-state index in [0.717, 1.165) is 26.4 Å². The summed E-state index contributed by atoms with van der Waals surface area (Å²) < 4.78 is 6.01. The maximum Gasteiger partial charge on any atom is 0.325 e. The van der Waals surface area contributed by atoms with Crippen LogP contribution in [0.2, 0.25) is 0 Å². The van der Waals surface area contributed by atoms with E-state index < -0.39 is 11.6 Å². The Morgan fingerprint density at radius 3 is 2.57 bits per heavy atom. The second kappa shape index (κ2) is 6.95. The number of benzene rings is 3. The third-order valence-corrected chi connectivity index (χ3v) is 5.78. The highest BCUT2D eigenvalue weighted by molar-refractivity contribution is 9.10. The number of fused-ring (bicyclic) bond motifs is 1. The van der Waals surface area contributed by atoms with Crippen molar-refractivity contribution in [2.45, 2.75) is 19.0 Å². The summed E-state index contributed by atoms with van der Waals surface area (Å²) in [6.45, 7) is 1.95. The fourth-order valence-electron chi connectivity index (χ4n) is 3.68. The van der Waals surface area contributed by atoms with Crippen molar-refractivity contribution in [1.29, 1.82) is 0 Å². The van der Waals surface area contributed by atoms with Crippen LogP contribution < -0.4 is 10.1 Å². The molecule has 0 aliphatic carbocycles. The second-order valence-electron chi connectivity index (χ2n) is 6.94. The Labute approximate surface area is 171 Å². The first kappa shape index (κ1) is 18.5. The molecule has 1 heterocycles. The molecule has 1 N–H and O–H groups in total. The van der Waals surface area contributed by atoms with Crippen molar-refractivity contribution in [1.82, 2.24) is 10.2 Å². The molecule has 3 aromatic rings. The number of ether oxygens (including phenoxy) is 1. The highest BCUT2D eigenvalue weighted by Gasteiger charge is 2.49. The second-order valence-corrected chi connectivity index (χ2v) is 7.80. The van der Waals surface area contributed by atoms with Crippen molar-refractivity contribution >= 4 is 38.6 Å². The number of nitrogens with one attached hydrogen (secondary N) is 1. The van der Waals surface area contributed by atoms with E-state index in [1.165, 1.54) is 4.90 Å². The fraction of sp³-hybridized carbons (Fsp3) is 0.182. The smallest absolute Gasteiger partial charge is 0.325 e. The van der Waals surface area contributed by atoms with E-state index in [9.17, 15) is 9.59 Å². The maximum absolute atomic E-state index is 13.3. The third-order valence-electron chi connectivity index (χ3n) is 5.16. The van der Waals surface area contributed by atoms with Crippen molar-refractivity contribution in [3.63, 3.8) is 0 Å². The molecule has 1 unspecified atom stereocenters. The zero-order valence-corrected chi connectivity index (χ0v) is 17.1. The van der Waals surface area contributed by atoms with Gasteiger partial charge in [-0.05, 0) is 56.9 Å². The zero-order chi connectivity index (χ0) is 19.9. The number of imide groups is 1. The minimum Gasteiger partial charge on any atom is -0.496 e. The van der Waals surface area contributed by atoms with Crippen molar-refractivity contribution in [2.75, 3.05) is 7.11 Å². The average molecular weight is 439 g/mol. The van der Waals surface area contributed by atoms with Crippen LogP contribution >= 0.6 is 15.9 Å². The lowest BCUT2D eigenvalue weighted by Gasteiger charge is -2.24. The van der Waals surface area contributed by atoms with Gasteiger partial charge < -0.3 is 10.1 Å². The highest BCUT2D eigenvalue weighted by Crippen LogP contribution is 2.35. The molecule has 4 rings (SSSR count). The summed E-state index contributed by atoms with van der Waals surface area (Å²) in [5, 5.41) is 4.88. The molecule has 0 radical (unpaired) electrons. The summed E-state index contributed by atoms with van der Waals surface area (Å²) in [4.78, 5) is 27.2. The van der Waals surface area contributed by atoms with Crippen LogP contribution in [-0.2, 0) is 16.9 Å². The summed E-state index contributed by atoms with van der Waals surface area (Å²) in [6.07, 6.45) is 0. The number of carbonyl (C=O) groups excluding carboxylic acids is 2. The molecule has 6 heteroatoms. The minimum atomic E-state index is -1.11. The molecule has 1 aliphatic rings. The number of rotatable bonds is 4. The Morgan fingerprint density at radius 1 is 1.07 bits per heavy atom. The first-order valence-corrected chi connectivity index (χ1v) is 9.68. The van der Waals surface area contributed by atoms with Crippen molar-refractivity contribution < 1.29 is 14.3 Å². The van der Waals surface area contributed by atoms with Crippen LogP contribution in [0.3, 0.4) is 0 Å². The molecule has 0 saturated carbocycles. The van der Waals surface area contributed by atoms with E-state index >= 15 is 0 Å². The van der Waals surface area contributed by atoms with Gasteiger partial charge in [-0.15, -0.1) is 0 Å². The Balaban J connectivity index is 1.69. The number of hydrogen-bond acceptors (Lipinski definition) is 3. The lowest BCUT2D eigenvalue weighted by atomic mass is 9.88. The third kappa shape index (κ3) is 2.94. The first-order chi connectivity index (χ1) is 13.4. The zero-order valence-electron chi connectivity index (χ0n) is 15.5. The Bertz CT molecular complexity index is 1090. The average Bonchev–Trinajstić information content (AvgIpc) is 2.91. The van der Waals surface area contributed by atoms with E-state index in [4.69, 9.17) is 4.74 Å². The normalized spacial score (nSPS) is 19.2. The Morgan fingerprint density at radius 2 is 1.82 bits per heavy atom. The number of halogens is 1. The molecule has 28 heavy (non-hydrogen) atoms. The Kier molecular flexibility index (Phi) is 4.59. The van der Waals surface area contributed by atoms with E-state index in [1.807, 2.05) is 60.7 Å². The van der Waals surface area contributed by atoms with Crippen LogP contribution in [0.4, 0.5) is 4.79 Å². The van der Waals surface area contributed by atoms with Gasteiger partial charge in [-0.1, -0.05) is 48.5 Å². The van der Waals surface area contributed by atoms with Gasteiger partial charge in [0.25, 0.3) is 5.91 Å². The number of nitrogens with zero attached hydrogens (tertiary/aromatic N) is 1. The molecule has 1 saturated heterocycles. The van der Waals surface area contributed by atoms with Gasteiger partial charge in [0.1, 0.15) is 11.3 Å². The van der Waals surface area contributed by atoms with Crippen LogP contribution in [-0.4, -0.2) is 23.9 Å². The monoisotopic (exact) mass is 438 g/mol. The number of hydrogen-bond donors (Lipinski definition) is 1. The van der Waals surface area contributed by atoms with Gasteiger partial charge in [0.05, 0.1) is 18.1 Å². The molecular formula is C22H19BrN2O3. The maximum atomic E-state index is 13.3. The number of carbonyl (C=O) groups is 2. The molecule has 0 aromatic heterocycles. The number of urea groups is 1. The summed E-state index contributed by atoms with van der Waals surface area (Å²) >= 11 is 3.44. The van der Waals surface area contributed by atoms with Crippen molar-refractivity contribution in [2.24, 2.45) is 0 Å². The van der Waals surface area contributed by atoms with Crippen LogP contribution in [0.1, 0.15) is 18.1 Å². The quantitative estimate of drug-likeness (QED) is 0.606. The molecule has 3 amide bonds. The van der Waals surface area contributed by atoms with Crippen LogP contribution in [0.5, 0.6) is 5.75 Å². The molecule has 0 bridgehead atoms. The highest BCUT2D eigenvalue weighted by atomic mass is 79.9. The summed E-state index contributed by atoms with van der Waals surface area (Å²) in [5.74, 6) is 0.433. The summed E-state index contributed by atoms with van der Waals surface area (Å²) in [7, 11) is 1.59. The van der Waals surface area contributed by atoms with Gasteiger partial charge in [-0.3, -0.25) is 9.69 Å². The van der Waals surface area contributed by atoms with Crippen LogP contribution in [0, 0.1) is 0 Å². The van der Waals surface area contributed by atoms with Gasteiger partial charge in [0.15, 0.2) is 0 Å². The van der Waals surface area contributed by atoms with E-state index in [0.29, 0.717) is 5.75 Å².